The topological polar surface area (TPSA) is 75.3 Å². The first-order chi connectivity index (χ1) is 14.1. The molecule has 1 N–H and O–H groups in total. The van der Waals surface area contributed by atoms with Gasteiger partial charge in [-0.25, -0.2) is 0 Å². The van der Waals surface area contributed by atoms with E-state index >= 15 is 0 Å². The lowest BCUT2D eigenvalue weighted by Crippen LogP contribution is -2.23. The van der Waals surface area contributed by atoms with Crippen LogP contribution in [0.15, 0.2) is 30.3 Å². The molecule has 0 aliphatic heterocycles. The maximum absolute atomic E-state index is 12.7. The molecule has 0 saturated heterocycles. The van der Waals surface area contributed by atoms with Crippen molar-refractivity contribution in [2.24, 2.45) is 0 Å². The Labute approximate surface area is 171 Å². The van der Waals surface area contributed by atoms with Gasteiger partial charge in [0.05, 0.1) is 40.6 Å². The summed E-state index contributed by atoms with van der Waals surface area (Å²) >= 11 is 0. The lowest BCUT2D eigenvalue weighted by atomic mass is 10.1. The summed E-state index contributed by atoms with van der Waals surface area (Å²) in [5, 5.41) is 2.89. The second-order valence-corrected chi connectivity index (χ2v) is 6.28. The smallest absolute Gasteiger partial charge is 0.255 e. The molecule has 7 heteroatoms. The largest absolute Gasteiger partial charge is 0.496 e. The van der Waals surface area contributed by atoms with E-state index in [-0.39, 0.29) is 5.91 Å². The quantitative estimate of drug-likeness (QED) is 0.575. The number of nitrogens with one attached hydrogen (secondary N) is 1. The molecule has 0 fully saturated rings. The number of benzene rings is 2. The molecule has 0 saturated carbocycles. The second kappa shape index (κ2) is 11.0. The van der Waals surface area contributed by atoms with Gasteiger partial charge in [0, 0.05) is 18.7 Å². The average Bonchev–Trinajstić information content (AvgIpc) is 2.76. The summed E-state index contributed by atoms with van der Waals surface area (Å²) in [4.78, 5) is 12.7. The maximum Gasteiger partial charge on any atom is 0.255 e. The molecule has 7 nitrogen and oxygen atoms in total. The van der Waals surface area contributed by atoms with Crippen LogP contribution in [-0.4, -0.2) is 41.0 Å². The lowest BCUT2D eigenvalue weighted by Gasteiger charge is -2.15. The third-order valence-corrected chi connectivity index (χ3v) is 4.39. The van der Waals surface area contributed by atoms with Crippen LogP contribution in [0.1, 0.15) is 35.7 Å². The van der Waals surface area contributed by atoms with Crippen molar-refractivity contribution < 1.29 is 28.5 Å². The average molecular weight is 403 g/mol. The van der Waals surface area contributed by atoms with Gasteiger partial charge in [-0.15, -0.1) is 0 Å². The Kier molecular flexibility index (Phi) is 8.45. The van der Waals surface area contributed by atoms with E-state index in [1.807, 2.05) is 18.2 Å². The van der Waals surface area contributed by atoms with E-state index in [1.54, 1.807) is 19.2 Å². The summed E-state index contributed by atoms with van der Waals surface area (Å²) in [6, 6.07) is 8.83. The van der Waals surface area contributed by atoms with E-state index in [0.29, 0.717) is 47.5 Å². The predicted molar refractivity (Wildman–Crippen MR) is 111 cm³/mol. The zero-order valence-electron chi connectivity index (χ0n) is 17.7. The van der Waals surface area contributed by atoms with Gasteiger partial charge in [-0.2, -0.15) is 0 Å². The number of rotatable bonds is 11. The molecule has 0 aromatic heterocycles. The van der Waals surface area contributed by atoms with Gasteiger partial charge < -0.3 is 29.0 Å². The molecule has 0 aliphatic carbocycles. The molecular formula is C22H29NO6. The highest BCUT2D eigenvalue weighted by Gasteiger charge is 2.18. The van der Waals surface area contributed by atoms with Crippen LogP contribution >= 0.6 is 0 Å². The summed E-state index contributed by atoms with van der Waals surface area (Å²) in [7, 11) is 6.14. The summed E-state index contributed by atoms with van der Waals surface area (Å²) in [6.07, 6.45) is 2.04. The normalized spacial score (nSPS) is 10.2. The van der Waals surface area contributed by atoms with E-state index in [2.05, 4.69) is 12.2 Å². The predicted octanol–water partition coefficient (Wildman–Crippen LogP) is 3.83. The molecule has 0 bridgehead atoms. The first-order valence-electron chi connectivity index (χ1n) is 9.45. The number of methoxy groups -OCH3 is 4. The number of unbranched alkanes of at least 4 members (excludes halogenated alkanes) is 1. The van der Waals surface area contributed by atoms with Gasteiger partial charge in [-0.1, -0.05) is 19.4 Å². The van der Waals surface area contributed by atoms with Crippen LogP contribution < -0.4 is 29.0 Å². The zero-order chi connectivity index (χ0) is 21.2. The van der Waals surface area contributed by atoms with Crippen LogP contribution in [-0.2, 0) is 6.54 Å². The van der Waals surface area contributed by atoms with Crippen molar-refractivity contribution in [3.63, 3.8) is 0 Å². The van der Waals surface area contributed by atoms with E-state index in [4.69, 9.17) is 23.7 Å². The van der Waals surface area contributed by atoms with Gasteiger partial charge in [-0.3, -0.25) is 4.79 Å². The van der Waals surface area contributed by atoms with Gasteiger partial charge in [0.15, 0.2) is 23.0 Å². The molecule has 0 aliphatic rings. The molecule has 2 rings (SSSR count). The van der Waals surface area contributed by atoms with Crippen LogP contribution in [0.5, 0.6) is 28.7 Å². The Morgan fingerprint density at radius 3 is 2.07 bits per heavy atom. The van der Waals surface area contributed by atoms with Crippen molar-refractivity contribution in [3.05, 3.63) is 41.5 Å². The molecule has 0 spiro atoms. The van der Waals surface area contributed by atoms with Gasteiger partial charge in [0.25, 0.3) is 5.91 Å². The van der Waals surface area contributed by atoms with Crippen molar-refractivity contribution in [3.8, 4) is 28.7 Å². The number of amides is 1. The molecule has 0 unspecified atom stereocenters. The van der Waals surface area contributed by atoms with Crippen molar-refractivity contribution in [1.29, 1.82) is 0 Å². The maximum atomic E-state index is 12.7. The fourth-order valence-corrected chi connectivity index (χ4v) is 2.75. The van der Waals surface area contributed by atoms with Crippen molar-refractivity contribution in [2.45, 2.75) is 26.3 Å². The highest BCUT2D eigenvalue weighted by molar-refractivity contribution is 5.97. The SMILES string of the molecule is CCCCOc1ccc(CNC(=O)c2cc(OC)c(OC)cc2OC)cc1OC. The van der Waals surface area contributed by atoms with Crippen LogP contribution in [0.2, 0.25) is 0 Å². The van der Waals surface area contributed by atoms with E-state index < -0.39 is 0 Å². The number of carbonyl (C=O) groups excluding carboxylic acids is 1. The minimum atomic E-state index is -0.287. The fraction of sp³-hybridized carbons (Fsp3) is 0.409. The monoisotopic (exact) mass is 403 g/mol. The summed E-state index contributed by atoms with van der Waals surface area (Å²) in [5.74, 6) is 2.38. The van der Waals surface area contributed by atoms with Gasteiger partial charge in [0.2, 0.25) is 0 Å². The summed E-state index contributed by atoms with van der Waals surface area (Å²) < 4.78 is 27.0. The number of hydrogen-bond donors (Lipinski definition) is 1. The van der Waals surface area contributed by atoms with Crippen LogP contribution in [0.25, 0.3) is 0 Å². The van der Waals surface area contributed by atoms with Crippen molar-refractivity contribution >= 4 is 5.91 Å². The zero-order valence-corrected chi connectivity index (χ0v) is 17.7. The molecule has 2 aromatic rings. The number of hydrogen-bond acceptors (Lipinski definition) is 6. The van der Waals surface area contributed by atoms with Crippen molar-refractivity contribution in [2.75, 3.05) is 35.0 Å². The Morgan fingerprint density at radius 2 is 1.45 bits per heavy atom. The molecular weight excluding hydrogens is 374 g/mol. The molecule has 0 radical (unpaired) electrons. The van der Waals surface area contributed by atoms with Crippen LogP contribution in [0.3, 0.4) is 0 Å². The van der Waals surface area contributed by atoms with E-state index in [0.717, 1.165) is 18.4 Å². The molecule has 1 amide bonds. The van der Waals surface area contributed by atoms with Gasteiger partial charge in [0.1, 0.15) is 5.75 Å². The highest BCUT2D eigenvalue weighted by Crippen LogP contribution is 2.34. The van der Waals surface area contributed by atoms with E-state index in [9.17, 15) is 4.79 Å². The first-order valence-corrected chi connectivity index (χ1v) is 9.45. The molecule has 158 valence electrons. The minimum absolute atomic E-state index is 0.287. The summed E-state index contributed by atoms with van der Waals surface area (Å²) in [5.41, 5.74) is 1.24. The highest BCUT2D eigenvalue weighted by atomic mass is 16.5. The van der Waals surface area contributed by atoms with Crippen molar-refractivity contribution in [1.82, 2.24) is 5.32 Å². The third-order valence-electron chi connectivity index (χ3n) is 4.39. The third kappa shape index (κ3) is 5.70. The van der Waals surface area contributed by atoms with E-state index in [1.165, 1.54) is 21.3 Å². The van der Waals surface area contributed by atoms with Gasteiger partial charge >= 0.3 is 0 Å². The number of carbonyl (C=O) groups is 1. The standard InChI is InChI=1S/C22H29NO6/c1-6-7-10-29-17-9-8-15(11-19(17)26-3)14-23-22(24)16-12-20(27-4)21(28-5)13-18(16)25-2/h8-9,11-13H,6-7,10,14H2,1-5H3,(H,23,24). The second-order valence-electron chi connectivity index (χ2n) is 6.28. The summed E-state index contributed by atoms with van der Waals surface area (Å²) in [6.45, 7) is 3.07. The first kappa shape index (κ1) is 22.2. The Hall–Kier alpha value is -3.09. The minimum Gasteiger partial charge on any atom is -0.496 e. The molecule has 0 atom stereocenters. The number of ether oxygens (including phenoxy) is 5. The van der Waals surface area contributed by atoms with Crippen LogP contribution in [0, 0.1) is 0 Å². The van der Waals surface area contributed by atoms with Crippen LogP contribution in [0.4, 0.5) is 0 Å². The Morgan fingerprint density at radius 1 is 0.828 bits per heavy atom. The molecule has 29 heavy (non-hydrogen) atoms. The lowest BCUT2D eigenvalue weighted by molar-refractivity contribution is 0.0947. The fourth-order valence-electron chi connectivity index (χ4n) is 2.75. The Bertz CT molecular complexity index is 821. The van der Waals surface area contributed by atoms with Gasteiger partial charge in [-0.05, 0) is 24.1 Å². The molecule has 2 aromatic carbocycles. The molecule has 0 heterocycles. The Balaban J connectivity index is 2.12.